The number of hydrogen-bond acceptors (Lipinski definition) is 11. The first kappa shape index (κ1) is 28.6. The predicted molar refractivity (Wildman–Crippen MR) is 129 cm³/mol. The Kier molecular flexibility index (Phi) is 8.36. The summed E-state index contributed by atoms with van der Waals surface area (Å²) in [5.74, 6) is -7.26. The second-order valence-electron chi connectivity index (χ2n) is 7.62. The van der Waals surface area contributed by atoms with Crippen molar-refractivity contribution >= 4 is 45.0 Å². The fourth-order valence-electron chi connectivity index (χ4n) is 3.14. The Morgan fingerprint density at radius 3 is 2.57 bits per heavy atom. The van der Waals surface area contributed by atoms with Gasteiger partial charge < -0.3 is 9.57 Å². The number of thioether (sulfide) groups is 1. The van der Waals surface area contributed by atoms with Gasteiger partial charge in [-0.1, -0.05) is 6.92 Å². The number of aromatic nitrogens is 1. The molecule has 2 aliphatic heterocycles. The molecule has 0 fully saturated rings. The maximum Gasteiger partial charge on any atom is 0.461 e. The van der Waals surface area contributed by atoms with E-state index in [9.17, 15) is 30.4 Å². The minimum absolute atomic E-state index is 0.0397. The number of amidine groups is 2. The van der Waals surface area contributed by atoms with E-state index in [1.807, 2.05) is 6.26 Å². The Bertz CT molecular complexity index is 1260. The first-order valence-electron chi connectivity index (χ1n) is 10.6. The zero-order valence-corrected chi connectivity index (χ0v) is 21.6. The van der Waals surface area contributed by atoms with Gasteiger partial charge in [0.15, 0.2) is 21.5 Å². The molecule has 37 heavy (non-hydrogen) atoms. The van der Waals surface area contributed by atoms with Gasteiger partial charge in [0.05, 0.1) is 24.5 Å². The van der Waals surface area contributed by atoms with Crippen molar-refractivity contribution in [2.75, 3.05) is 36.5 Å². The molecule has 0 spiro atoms. The number of oxime groups is 1. The smallest absolute Gasteiger partial charge is 0.461 e. The van der Waals surface area contributed by atoms with Gasteiger partial charge in [-0.05, 0) is 30.5 Å². The molecule has 3 rings (SSSR count). The highest BCUT2D eigenvalue weighted by Gasteiger charge is 2.62. The fraction of sp³-hybridized carbons (Fsp3) is 0.500. The SMILES string of the molecule is CCS(=O)(=O)c1cc(C(=NOCCSC)OC)cnc1N1NC2=NC(C(F)(F)C(F)(F)F)=NC2=CC1C. The topological polar surface area (TPSA) is 118 Å². The highest BCUT2D eigenvalue weighted by atomic mass is 32.2. The third-order valence-corrected chi connectivity index (χ3v) is 7.40. The second kappa shape index (κ2) is 10.8. The molecular formula is C20H23F5N6O4S2. The van der Waals surface area contributed by atoms with Crippen LogP contribution in [0.25, 0.3) is 0 Å². The van der Waals surface area contributed by atoms with Gasteiger partial charge in [0, 0.05) is 11.9 Å². The Hall–Kier alpha value is -2.95. The van der Waals surface area contributed by atoms with E-state index >= 15 is 0 Å². The minimum atomic E-state index is -5.89. The molecule has 1 aromatic heterocycles. The van der Waals surface area contributed by atoms with Gasteiger partial charge in [0.2, 0.25) is 5.84 Å². The Labute approximate surface area is 213 Å². The number of nitrogens with zero attached hydrogens (tertiary/aromatic N) is 5. The Balaban J connectivity index is 2.01. The van der Waals surface area contributed by atoms with Crippen LogP contribution >= 0.6 is 11.8 Å². The van der Waals surface area contributed by atoms with Crippen molar-refractivity contribution in [3.05, 3.63) is 29.6 Å². The van der Waals surface area contributed by atoms with Crippen molar-refractivity contribution in [2.45, 2.75) is 36.9 Å². The highest BCUT2D eigenvalue weighted by Crippen LogP contribution is 2.39. The first-order chi connectivity index (χ1) is 17.3. The van der Waals surface area contributed by atoms with E-state index in [1.54, 1.807) is 0 Å². The number of hydrazine groups is 1. The van der Waals surface area contributed by atoms with Crippen LogP contribution < -0.4 is 10.4 Å². The number of nitrogens with one attached hydrogen (secondary N) is 1. The molecule has 3 heterocycles. The molecule has 0 amide bonds. The van der Waals surface area contributed by atoms with Crippen LogP contribution in [0.5, 0.6) is 0 Å². The molecule has 10 nitrogen and oxygen atoms in total. The van der Waals surface area contributed by atoms with Gasteiger partial charge in [-0.2, -0.15) is 33.7 Å². The maximum atomic E-state index is 13.8. The van der Waals surface area contributed by atoms with Crippen molar-refractivity contribution in [1.82, 2.24) is 10.4 Å². The first-order valence-corrected chi connectivity index (χ1v) is 13.7. The molecular weight excluding hydrogens is 547 g/mol. The van der Waals surface area contributed by atoms with Crippen LogP contribution in [0.15, 0.2) is 44.1 Å². The van der Waals surface area contributed by atoms with Crippen LogP contribution in [-0.2, 0) is 19.4 Å². The van der Waals surface area contributed by atoms with E-state index < -0.39 is 39.6 Å². The summed E-state index contributed by atoms with van der Waals surface area (Å²) in [5, 5.41) is 5.04. The van der Waals surface area contributed by atoms with Crippen molar-refractivity contribution < 1.29 is 39.9 Å². The summed E-state index contributed by atoms with van der Waals surface area (Å²) in [7, 11) is -2.62. The van der Waals surface area contributed by atoms with E-state index in [0.29, 0.717) is 5.75 Å². The van der Waals surface area contributed by atoms with Crippen LogP contribution in [0.3, 0.4) is 0 Å². The number of methoxy groups -OCH3 is 1. The van der Waals surface area contributed by atoms with E-state index in [-0.39, 0.29) is 40.2 Å². The van der Waals surface area contributed by atoms with Gasteiger partial charge in [-0.3, -0.25) is 10.4 Å². The maximum absolute atomic E-state index is 13.8. The third kappa shape index (κ3) is 5.81. The van der Waals surface area contributed by atoms with Crippen molar-refractivity contribution in [1.29, 1.82) is 0 Å². The lowest BCUT2D eigenvalue weighted by atomic mass is 10.2. The zero-order valence-electron chi connectivity index (χ0n) is 20.0. The van der Waals surface area contributed by atoms with Crippen molar-refractivity contribution in [3.8, 4) is 0 Å². The normalized spacial score (nSPS) is 18.5. The van der Waals surface area contributed by atoms with Gasteiger partial charge in [-0.15, -0.1) is 0 Å². The Morgan fingerprint density at radius 1 is 1.27 bits per heavy atom. The van der Waals surface area contributed by atoms with Crippen LogP contribution in [0, 0.1) is 0 Å². The predicted octanol–water partition coefficient (Wildman–Crippen LogP) is 3.17. The highest BCUT2D eigenvalue weighted by molar-refractivity contribution is 7.98. The molecule has 1 unspecified atom stereocenters. The van der Waals surface area contributed by atoms with Gasteiger partial charge in [-0.25, -0.2) is 23.4 Å². The molecule has 1 atom stereocenters. The molecule has 0 saturated heterocycles. The number of aliphatic imine (C=N–C) groups is 2. The van der Waals surface area contributed by atoms with Gasteiger partial charge in [0.1, 0.15) is 17.2 Å². The number of fused-ring (bicyclic) bond motifs is 1. The summed E-state index contributed by atoms with van der Waals surface area (Å²) in [4.78, 5) is 15.8. The molecule has 0 radical (unpaired) electrons. The number of halogens is 5. The van der Waals surface area contributed by atoms with Crippen molar-refractivity contribution in [2.24, 2.45) is 15.1 Å². The molecule has 1 N–H and O–H groups in total. The summed E-state index contributed by atoms with van der Waals surface area (Å²) in [5.41, 5.74) is 2.50. The summed E-state index contributed by atoms with van der Waals surface area (Å²) in [6.45, 7) is 3.23. The minimum Gasteiger partial charge on any atom is -0.478 e. The lowest BCUT2D eigenvalue weighted by Gasteiger charge is -2.34. The van der Waals surface area contributed by atoms with E-state index in [1.165, 1.54) is 56.1 Å². The molecule has 1 aromatic rings. The lowest BCUT2D eigenvalue weighted by Crippen LogP contribution is -2.51. The number of ether oxygens (including phenoxy) is 1. The standard InChI is InChI=1S/C20H23F5N6O4S2/c1-5-37(32,33)14-9-12(17(34-3)30-35-6-7-36-4)10-26-16(14)31-11(2)8-13-15(29-31)28-18(27-13)19(21,22)20(23,24)25/h8-11H,5-7H2,1-4H3,(H,27,28,29). The largest absolute Gasteiger partial charge is 0.478 e. The zero-order chi connectivity index (χ0) is 27.6. The molecule has 0 aliphatic carbocycles. The summed E-state index contributed by atoms with van der Waals surface area (Å²) in [6.07, 6.45) is -1.49. The summed E-state index contributed by atoms with van der Waals surface area (Å²) >= 11 is 1.53. The molecule has 0 bridgehead atoms. The molecule has 0 aromatic carbocycles. The Morgan fingerprint density at radius 2 is 1.97 bits per heavy atom. The quantitative estimate of drug-likeness (QED) is 0.158. The fourth-order valence-corrected chi connectivity index (χ4v) is 4.43. The summed E-state index contributed by atoms with van der Waals surface area (Å²) in [6, 6.07) is 0.483. The number of sulfone groups is 1. The number of pyridine rings is 1. The van der Waals surface area contributed by atoms with Crippen LogP contribution in [-0.4, -0.2) is 80.6 Å². The van der Waals surface area contributed by atoms with E-state index in [2.05, 4.69) is 25.6 Å². The molecule has 204 valence electrons. The molecule has 2 aliphatic rings. The van der Waals surface area contributed by atoms with E-state index in [0.717, 1.165) is 0 Å². The van der Waals surface area contributed by atoms with Gasteiger partial charge >= 0.3 is 12.1 Å². The van der Waals surface area contributed by atoms with Crippen LogP contribution in [0.1, 0.15) is 19.4 Å². The van der Waals surface area contributed by atoms with E-state index in [4.69, 9.17) is 9.57 Å². The molecule has 0 saturated carbocycles. The molecule has 17 heteroatoms. The average molecular weight is 571 g/mol. The monoisotopic (exact) mass is 570 g/mol. The lowest BCUT2D eigenvalue weighted by molar-refractivity contribution is -0.249. The van der Waals surface area contributed by atoms with Crippen molar-refractivity contribution in [3.63, 3.8) is 0 Å². The average Bonchev–Trinajstić information content (AvgIpc) is 3.26. The van der Waals surface area contributed by atoms with Crippen LogP contribution in [0.2, 0.25) is 0 Å². The number of rotatable bonds is 9. The van der Waals surface area contributed by atoms with Gasteiger partial charge in [0.25, 0.3) is 5.90 Å². The third-order valence-electron chi connectivity index (χ3n) is 5.10. The summed E-state index contributed by atoms with van der Waals surface area (Å²) < 4.78 is 97.1. The second-order valence-corrected chi connectivity index (χ2v) is 10.9. The number of hydrogen-bond donors (Lipinski definition) is 1. The van der Waals surface area contributed by atoms with Crippen LogP contribution in [0.4, 0.5) is 27.8 Å². The number of alkyl halides is 5. The number of anilines is 1.